The highest BCUT2D eigenvalue weighted by Gasteiger charge is 2.26. The molecule has 0 aromatic heterocycles. The lowest BCUT2D eigenvalue weighted by Gasteiger charge is -2.35. The van der Waals surface area contributed by atoms with E-state index in [1.165, 1.54) is 12.8 Å². The first-order chi connectivity index (χ1) is 6.39. The van der Waals surface area contributed by atoms with Crippen molar-refractivity contribution in [3.05, 3.63) is 0 Å². The molecule has 0 bridgehead atoms. The van der Waals surface area contributed by atoms with Crippen LogP contribution in [0.3, 0.4) is 0 Å². The summed E-state index contributed by atoms with van der Waals surface area (Å²) in [4.78, 5) is 2.35. The van der Waals surface area contributed by atoms with E-state index in [0.717, 1.165) is 13.1 Å². The molecular weight excluding hydrogens is 176 g/mol. The maximum absolute atomic E-state index is 9.80. The number of nitrogens with zero attached hydrogens (tertiary/aromatic N) is 1. The maximum Gasteiger partial charge on any atom is 0.0741 e. The fourth-order valence-electron chi connectivity index (χ4n) is 1.73. The van der Waals surface area contributed by atoms with E-state index in [1.807, 2.05) is 13.8 Å². The van der Waals surface area contributed by atoms with E-state index in [9.17, 15) is 5.11 Å². The Kier molecular flexibility index (Phi) is 3.93. The fourth-order valence-corrected chi connectivity index (χ4v) is 1.73. The minimum absolute atomic E-state index is 0.163. The molecule has 1 atom stereocenters. The zero-order chi connectivity index (χ0) is 10.8. The van der Waals surface area contributed by atoms with Crippen molar-refractivity contribution in [3.63, 3.8) is 0 Å². The van der Waals surface area contributed by atoms with Crippen LogP contribution in [0.25, 0.3) is 0 Å². The molecular formula is C11H24N2O. The first-order valence-corrected chi connectivity index (χ1v) is 5.56. The van der Waals surface area contributed by atoms with Crippen molar-refractivity contribution in [2.75, 3.05) is 20.1 Å². The van der Waals surface area contributed by atoms with Gasteiger partial charge in [0, 0.05) is 12.1 Å². The molecule has 1 fully saturated rings. The van der Waals surface area contributed by atoms with Gasteiger partial charge in [-0.05, 0) is 53.8 Å². The van der Waals surface area contributed by atoms with Gasteiger partial charge in [-0.25, -0.2) is 0 Å². The van der Waals surface area contributed by atoms with Crippen LogP contribution in [0.5, 0.6) is 0 Å². The number of piperidine rings is 1. The Morgan fingerprint density at radius 1 is 1.36 bits per heavy atom. The lowest BCUT2D eigenvalue weighted by molar-refractivity contribution is 0.0360. The predicted molar refractivity (Wildman–Crippen MR) is 59.4 cm³/mol. The molecule has 0 radical (unpaired) electrons. The van der Waals surface area contributed by atoms with Gasteiger partial charge in [-0.15, -0.1) is 0 Å². The molecule has 0 aromatic rings. The van der Waals surface area contributed by atoms with Gasteiger partial charge in [0.25, 0.3) is 0 Å². The molecule has 0 spiro atoms. The second-order valence-electron chi connectivity index (χ2n) is 5.12. The molecule has 0 amide bonds. The SMILES string of the molecule is CC(NC1CCN(C)CC1)C(C)(C)O. The van der Waals surface area contributed by atoms with Crippen LogP contribution in [0, 0.1) is 0 Å². The lowest BCUT2D eigenvalue weighted by atomic mass is 9.97. The van der Waals surface area contributed by atoms with E-state index in [-0.39, 0.29) is 6.04 Å². The van der Waals surface area contributed by atoms with E-state index in [4.69, 9.17) is 0 Å². The fraction of sp³-hybridized carbons (Fsp3) is 1.00. The molecule has 1 unspecified atom stereocenters. The summed E-state index contributed by atoms with van der Waals surface area (Å²) in [6.07, 6.45) is 2.38. The van der Waals surface area contributed by atoms with Gasteiger partial charge in [-0.2, -0.15) is 0 Å². The third-order valence-corrected chi connectivity index (χ3v) is 3.26. The van der Waals surface area contributed by atoms with Crippen LogP contribution in [0.1, 0.15) is 33.6 Å². The van der Waals surface area contributed by atoms with E-state index >= 15 is 0 Å². The van der Waals surface area contributed by atoms with Crippen molar-refractivity contribution in [1.29, 1.82) is 0 Å². The normalized spacial score (nSPS) is 23.8. The average Bonchev–Trinajstić information content (AvgIpc) is 2.07. The van der Waals surface area contributed by atoms with E-state index in [1.54, 1.807) is 0 Å². The monoisotopic (exact) mass is 200 g/mol. The van der Waals surface area contributed by atoms with Crippen LogP contribution in [0.15, 0.2) is 0 Å². The minimum Gasteiger partial charge on any atom is -0.389 e. The Hall–Kier alpha value is -0.120. The first-order valence-electron chi connectivity index (χ1n) is 5.56. The van der Waals surface area contributed by atoms with Crippen molar-refractivity contribution in [1.82, 2.24) is 10.2 Å². The van der Waals surface area contributed by atoms with Crippen LogP contribution < -0.4 is 5.32 Å². The van der Waals surface area contributed by atoms with Crippen molar-refractivity contribution in [3.8, 4) is 0 Å². The van der Waals surface area contributed by atoms with Crippen molar-refractivity contribution in [2.24, 2.45) is 0 Å². The molecule has 14 heavy (non-hydrogen) atoms. The highest BCUT2D eigenvalue weighted by molar-refractivity contribution is 4.85. The van der Waals surface area contributed by atoms with Gasteiger partial charge < -0.3 is 15.3 Å². The van der Waals surface area contributed by atoms with Gasteiger partial charge >= 0.3 is 0 Å². The molecule has 0 aromatic carbocycles. The van der Waals surface area contributed by atoms with Crippen molar-refractivity contribution >= 4 is 0 Å². The van der Waals surface area contributed by atoms with E-state index < -0.39 is 5.60 Å². The summed E-state index contributed by atoms with van der Waals surface area (Å²) in [6.45, 7) is 8.10. The number of nitrogens with one attached hydrogen (secondary N) is 1. The lowest BCUT2D eigenvalue weighted by Crippen LogP contribution is -2.51. The molecule has 84 valence electrons. The first kappa shape index (κ1) is 12.0. The van der Waals surface area contributed by atoms with Crippen LogP contribution in [0.2, 0.25) is 0 Å². The maximum atomic E-state index is 9.80. The molecule has 3 nitrogen and oxygen atoms in total. The van der Waals surface area contributed by atoms with Gasteiger partial charge in [0.15, 0.2) is 0 Å². The zero-order valence-corrected chi connectivity index (χ0v) is 9.88. The third kappa shape index (κ3) is 3.56. The highest BCUT2D eigenvalue weighted by Crippen LogP contribution is 2.13. The Labute approximate surface area is 87.5 Å². The van der Waals surface area contributed by atoms with Crippen molar-refractivity contribution in [2.45, 2.75) is 51.3 Å². The standard InChI is InChI=1S/C11H24N2O/c1-9(11(2,3)14)12-10-5-7-13(4)8-6-10/h9-10,12,14H,5-8H2,1-4H3. The minimum atomic E-state index is -0.622. The summed E-state index contributed by atoms with van der Waals surface area (Å²) in [6, 6.07) is 0.739. The van der Waals surface area contributed by atoms with E-state index in [2.05, 4.69) is 24.2 Å². The van der Waals surface area contributed by atoms with Gasteiger partial charge in [0.2, 0.25) is 0 Å². The third-order valence-electron chi connectivity index (χ3n) is 3.26. The Morgan fingerprint density at radius 2 is 1.86 bits per heavy atom. The van der Waals surface area contributed by atoms with Crippen molar-refractivity contribution < 1.29 is 5.11 Å². The van der Waals surface area contributed by atoms with Crippen LogP contribution >= 0.6 is 0 Å². The highest BCUT2D eigenvalue weighted by atomic mass is 16.3. The summed E-state index contributed by atoms with van der Waals surface area (Å²) >= 11 is 0. The molecule has 0 aliphatic carbocycles. The second-order valence-corrected chi connectivity index (χ2v) is 5.12. The van der Waals surface area contributed by atoms with Crippen LogP contribution in [-0.2, 0) is 0 Å². The quantitative estimate of drug-likeness (QED) is 0.708. The van der Waals surface area contributed by atoms with Gasteiger partial charge in [0.1, 0.15) is 0 Å². The predicted octanol–water partition coefficient (Wildman–Crippen LogP) is 0.830. The molecule has 3 heteroatoms. The summed E-state index contributed by atoms with van der Waals surface area (Å²) in [5.41, 5.74) is -0.622. The zero-order valence-electron chi connectivity index (χ0n) is 9.88. The van der Waals surface area contributed by atoms with Gasteiger partial charge in [-0.1, -0.05) is 0 Å². The molecule has 1 heterocycles. The van der Waals surface area contributed by atoms with Gasteiger partial charge in [0.05, 0.1) is 5.60 Å². The summed E-state index contributed by atoms with van der Waals surface area (Å²) in [7, 11) is 2.16. The van der Waals surface area contributed by atoms with Crippen LogP contribution in [0.4, 0.5) is 0 Å². The topological polar surface area (TPSA) is 35.5 Å². The largest absolute Gasteiger partial charge is 0.389 e. The summed E-state index contributed by atoms with van der Waals surface area (Å²) in [5.74, 6) is 0. The molecule has 1 aliphatic rings. The molecule has 2 N–H and O–H groups in total. The summed E-state index contributed by atoms with van der Waals surface area (Å²) in [5, 5.41) is 13.3. The van der Waals surface area contributed by atoms with Gasteiger partial charge in [-0.3, -0.25) is 0 Å². The number of aliphatic hydroxyl groups is 1. The number of hydrogen-bond donors (Lipinski definition) is 2. The number of hydrogen-bond acceptors (Lipinski definition) is 3. The smallest absolute Gasteiger partial charge is 0.0741 e. The molecule has 0 saturated carbocycles. The number of rotatable bonds is 3. The second kappa shape index (κ2) is 4.60. The van der Waals surface area contributed by atoms with E-state index in [0.29, 0.717) is 6.04 Å². The summed E-state index contributed by atoms with van der Waals surface area (Å²) < 4.78 is 0. The molecule has 1 saturated heterocycles. The Bertz CT molecular complexity index is 169. The molecule has 1 rings (SSSR count). The van der Waals surface area contributed by atoms with Crippen LogP contribution in [-0.4, -0.2) is 47.8 Å². The Morgan fingerprint density at radius 3 is 2.29 bits per heavy atom. The number of likely N-dealkylation sites (tertiary alicyclic amines) is 1. The average molecular weight is 200 g/mol. The molecule has 1 aliphatic heterocycles. The Balaban J connectivity index is 2.31.